The van der Waals surface area contributed by atoms with Crippen LogP contribution in [-0.4, -0.2) is 12.1 Å². The number of benzene rings is 2. The van der Waals surface area contributed by atoms with Gasteiger partial charge in [-0.3, -0.25) is 0 Å². The van der Waals surface area contributed by atoms with Gasteiger partial charge in [0.15, 0.2) is 0 Å². The number of nitrogens with two attached hydrogens (primary N) is 1. The van der Waals surface area contributed by atoms with Crippen molar-refractivity contribution in [3.63, 3.8) is 0 Å². The Morgan fingerprint density at radius 3 is 2.53 bits per heavy atom. The van der Waals surface area contributed by atoms with Crippen LogP contribution in [0.4, 0.5) is 0 Å². The van der Waals surface area contributed by atoms with Crippen LogP contribution in [0.5, 0.6) is 11.5 Å². The average Bonchev–Trinajstić information content (AvgIpc) is 2.45. The van der Waals surface area contributed by atoms with Gasteiger partial charge in [-0.05, 0) is 29.8 Å². The van der Waals surface area contributed by atoms with Gasteiger partial charge in [0.1, 0.15) is 23.1 Å². The molecule has 0 saturated heterocycles. The number of hydrogen-bond acceptors (Lipinski definition) is 3. The summed E-state index contributed by atoms with van der Waals surface area (Å²) in [5.74, 6) is 1.50. The van der Waals surface area contributed by atoms with Crippen LogP contribution < -0.4 is 15.2 Å². The van der Waals surface area contributed by atoms with E-state index in [1.165, 1.54) is 0 Å². The summed E-state index contributed by atoms with van der Waals surface area (Å²) >= 11 is 4.97. The quantitative estimate of drug-likeness (QED) is 0.851. The Hall–Kier alpha value is -2.07. The van der Waals surface area contributed by atoms with E-state index in [1.807, 2.05) is 48.5 Å². The van der Waals surface area contributed by atoms with E-state index in [2.05, 4.69) is 0 Å². The van der Waals surface area contributed by atoms with E-state index < -0.39 is 0 Å². The molecule has 0 atom stereocenters. The number of para-hydroxylation sites is 1. The molecule has 19 heavy (non-hydrogen) atoms. The largest absolute Gasteiger partial charge is 0.496 e. The molecule has 0 saturated carbocycles. The zero-order valence-corrected chi connectivity index (χ0v) is 11.4. The highest BCUT2D eigenvalue weighted by molar-refractivity contribution is 7.80. The van der Waals surface area contributed by atoms with Crippen LogP contribution in [0.1, 0.15) is 11.1 Å². The first-order chi connectivity index (χ1) is 9.20. The van der Waals surface area contributed by atoms with Crippen molar-refractivity contribution in [3.8, 4) is 11.5 Å². The van der Waals surface area contributed by atoms with E-state index in [9.17, 15) is 0 Å². The van der Waals surface area contributed by atoms with E-state index in [-0.39, 0.29) is 0 Å². The van der Waals surface area contributed by atoms with Gasteiger partial charge < -0.3 is 15.2 Å². The SMILES string of the molecule is COc1cc(COc2ccccc2)ccc1C(N)=S. The second-order valence-corrected chi connectivity index (χ2v) is 4.44. The molecule has 0 amide bonds. The number of ether oxygens (including phenoxy) is 2. The smallest absolute Gasteiger partial charge is 0.129 e. The maximum Gasteiger partial charge on any atom is 0.129 e. The Kier molecular flexibility index (Phi) is 4.36. The monoisotopic (exact) mass is 273 g/mol. The van der Waals surface area contributed by atoms with E-state index in [1.54, 1.807) is 7.11 Å². The zero-order valence-electron chi connectivity index (χ0n) is 10.6. The van der Waals surface area contributed by atoms with E-state index in [0.29, 0.717) is 17.3 Å². The summed E-state index contributed by atoms with van der Waals surface area (Å²) in [5.41, 5.74) is 7.36. The van der Waals surface area contributed by atoms with E-state index in [4.69, 9.17) is 27.4 Å². The van der Waals surface area contributed by atoms with Gasteiger partial charge in [-0.25, -0.2) is 0 Å². The summed E-state index contributed by atoms with van der Waals surface area (Å²) in [6.45, 7) is 0.470. The number of thiocarbonyl (C=S) groups is 1. The lowest BCUT2D eigenvalue weighted by Crippen LogP contribution is -2.11. The van der Waals surface area contributed by atoms with Gasteiger partial charge in [0.25, 0.3) is 0 Å². The van der Waals surface area contributed by atoms with Crippen molar-refractivity contribution in [2.24, 2.45) is 5.73 Å². The van der Waals surface area contributed by atoms with Gasteiger partial charge >= 0.3 is 0 Å². The molecule has 2 rings (SSSR count). The summed E-state index contributed by atoms with van der Waals surface area (Å²) in [7, 11) is 1.60. The molecule has 98 valence electrons. The third-order valence-corrected chi connectivity index (χ3v) is 2.90. The minimum absolute atomic E-state index is 0.326. The van der Waals surface area contributed by atoms with E-state index >= 15 is 0 Å². The highest BCUT2D eigenvalue weighted by atomic mass is 32.1. The molecule has 2 aromatic rings. The molecule has 0 bridgehead atoms. The Bertz CT molecular complexity index is 570. The van der Waals surface area contributed by atoms with Gasteiger partial charge in [0.2, 0.25) is 0 Å². The molecule has 0 aliphatic heterocycles. The number of methoxy groups -OCH3 is 1. The molecule has 0 fully saturated rings. The van der Waals surface area contributed by atoms with E-state index in [0.717, 1.165) is 16.9 Å². The van der Waals surface area contributed by atoms with Gasteiger partial charge in [0.05, 0.1) is 12.7 Å². The molecule has 0 spiro atoms. The van der Waals surface area contributed by atoms with Gasteiger partial charge in [-0.2, -0.15) is 0 Å². The molecule has 0 heterocycles. The molecule has 0 aliphatic rings. The first-order valence-corrected chi connectivity index (χ1v) is 6.26. The highest BCUT2D eigenvalue weighted by Crippen LogP contribution is 2.21. The van der Waals surface area contributed by atoms with Crippen LogP contribution in [0.2, 0.25) is 0 Å². The Morgan fingerprint density at radius 2 is 1.89 bits per heavy atom. The minimum Gasteiger partial charge on any atom is -0.496 e. The van der Waals surface area contributed by atoms with Crippen molar-refractivity contribution in [2.45, 2.75) is 6.61 Å². The Morgan fingerprint density at radius 1 is 1.16 bits per heavy atom. The normalized spacial score (nSPS) is 9.95. The Labute approximate surface area is 118 Å². The van der Waals surface area contributed by atoms with Crippen LogP contribution in [-0.2, 0) is 6.61 Å². The third-order valence-electron chi connectivity index (χ3n) is 2.68. The van der Waals surface area contributed by atoms with Crippen LogP contribution in [0.25, 0.3) is 0 Å². The maximum atomic E-state index is 5.67. The molecule has 4 heteroatoms. The third kappa shape index (κ3) is 3.45. The fraction of sp³-hybridized carbons (Fsp3) is 0.133. The summed E-state index contributed by atoms with van der Waals surface area (Å²) < 4.78 is 10.9. The van der Waals surface area contributed by atoms with Crippen LogP contribution >= 0.6 is 12.2 Å². The standard InChI is InChI=1S/C15H15NO2S/c1-17-14-9-11(7-8-13(14)15(16)19)10-18-12-5-3-2-4-6-12/h2-9H,10H2,1H3,(H2,16,19). The van der Waals surface area contributed by atoms with Crippen LogP contribution in [0, 0.1) is 0 Å². The fourth-order valence-electron chi connectivity index (χ4n) is 1.71. The second-order valence-electron chi connectivity index (χ2n) is 4.00. The summed E-state index contributed by atoms with van der Waals surface area (Å²) in [4.78, 5) is 0.326. The lowest BCUT2D eigenvalue weighted by Gasteiger charge is -2.10. The summed E-state index contributed by atoms with van der Waals surface area (Å²) in [6.07, 6.45) is 0. The zero-order chi connectivity index (χ0) is 13.7. The number of rotatable bonds is 5. The molecule has 0 radical (unpaired) electrons. The molecule has 0 aliphatic carbocycles. The van der Waals surface area contributed by atoms with Gasteiger partial charge in [0, 0.05) is 0 Å². The van der Waals surface area contributed by atoms with Crippen molar-refractivity contribution in [1.29, 1.82) is 0 Å². The van der Waals surface area contributed by atoms with Crippen molar-refractivity contribution in [1.82, 2.24) is 0 Å². The minimum atomic E-state index is 0.326. The van der Waals surface area contributed by atoms with Crippen molar-refractivity contribution >= 4 is 17.2 Å². The number of hydrogen-bond donors (Lipinski definition) is 1. The first-order valence-electron chi connectivity index (χ1n) is 5.85. The summed E-state index contributed by atoms with van der Waals surface area (Å²) in [6, 6.07) is 15.3. The molecule has 3 nitrogen and oxygen atoms in total. The summed E-state index contributed by atoms with van der Waals surface area (Å²) in [5, 5.41) is 0. The van der Waals surface area contributed by atoms with Crippen molar-refractivity contribution in [3.05, 3.63) is 59.7 Å². The van der Waals surface area contributed by atoms with Crippen LogP contribution in [0.15, 0.2) is 48.5 Å². The molecule has 0 unspecified atom stereocenters. The van der Waals surface area contributed by atoms with Crippen molar-refractivity contribution < 1.29 is 9.47 Å². The topological polar surface area (TPSA) is 44.5 Å². The molecular weight excluding hydrogens is 258 g/mol. The Balaban J connectivity index is 2.11. The maximum absolute atomic E-state index is 5.67. The molecular formula is C15H15NO2S. The van der Waals surface area contributed by atoms with Gasteiger partial charge in [-0.15, -0.1) is 0 Å². The predicted molar refractivity (Wildman–Crippen MR) is 79.7 cm³/mol. The van der Waals surface area contributed by atoms with Crippen molar-refractivity contribution in [2.75, 3.05) is 7.11 Å². The molecule has 0 aromatic heterocycles. The lowest BCUT2D eigenvalue weighted by atomic mass is 10.1. The first kappa shape index (κ1) is 13.4. The fourth-order valence-corrected chi connectivity index (χ4v) is 1.88. The van der Waals surface area contributed by atoms with Crippen LogP contribution in [0.3, 0.4) is 0 Å². The molecule has 2 N–H and O–H groups in total. The predicted octanol–water partition coefficient (Wildman–Crippen LogP) is 2.91. The highest BCUT2D eigenvalue weighted by Gasteiger charge is 2.07. The lowest BCUT2D eigenvalue weighted by molar-refractivity contribution is 0.305. The molecule has 2 aromatic carbocycles. The average molecular weight is 273 g/mol. The second kappa shape index (κ2) is 6.20. The van der Waals surface area contributed by atoms with Gasteiger partial charge in [-0.1, -0.05) is 36.5 Å².